The van der Waals surface area contributed by atoms with Crippen LogP contribution in [0.4, 0.5) is 17.2 Å². The second-order valence-electron chi connectivity index (χ2n) is 8.04. The maximum absolute atomic E-state index is 12.8. The van der Waals surface area contributed by atoms with Crippen LogP contribution in [0.1, 0.15) is 39.7 Å². The Morgan fingerprint density at radius 1 is 1.24 bits per heavy atom. The minimum Gasteiger partial charge on any atom is -0.378 e. The number of aromatic nitrogens is 2. The summed E-state index contributed by atoms with van der Waals surface area (Å²) in [5.41, 5.74) is 3.35. The summed E-state index contributed by atoms with van der Waals surface area (Å²) in [7, 11) is 0. The van der Waals surface area contributed by atoms with Gasteiger partial charge in [-0.1, -0.05) is 40.2 Å². The summed E-state index contributed by atoms with van der Waals surface area (Å²) in [4.78, 5) is 22.4. The van der Waals surface area contributed by atoms with Gasteiger partial charge in [-0.15, -0.1) is 0 Å². The van der Waals surface area contributed by atoms with Crippen LogP contribution < -0.4 is 15.8 Å². The molecule has 180 valence electrons. The van der Waals surface area contributed by atoms with E-state index in [2.05, 4.69) is 52.2 Å². The van der Waals surface area contributed by atoms with Gasteiger partial charge in [-0.05, 0) is 41.8 Å². The van der Waals surface area contributed by atoms with E-state index < -0.39 is 0 Å². The number of hydrogen-bond donors (Lipinski definition) is 3. The third-order valence-corrected chi connectivity index (χ3v) is 5.89. The van der Waals surface area contributed by atoms with Crippen molar-refractivity contribution in [3.63, 3.8) is 0 Å². The van der Waals surface area contributed by atoms with E-state index in [0.29, 0.717) is 17.1 Å². The molecule has 0 spiro atoms. The third kappa shape index (κ3) is 5.72. The largest absolute Gasteiger partial charge is 0.378 e. The lowest BCUT2D eigenvalue weighted by atomic mass is 9.97. The first-order valence-corrected chi connectivity index (χ1v) is 12.0. The first-order chi connectivity index (χ1) is 16.6. The van der Waals surface area contributed by atoms with Gasteiger partial charge in [0.25, 0.3) is 5.56 Å². The van der Waals surface area contributed by atoms with Crippen molar-refractivity contribution in [1.29, 1.82) is 5.41 Å². The number of fused-ring (bicyclic) bond motifs is 1. The van der Waals surface area contributed by atoms with Crippen LogP contribution in [0.5, 0.6) is 0 Å². The standard InChI is InChI=1S/C25H29N5O2.C2H6/c1-3-17(2)14-18(15-26)22-16-28-24(23-21(22)8-9-27-25(23)31)29-19-4-6-20(7-5-19)30-10-12-32-13-11-30;1-2/h4-9,14-17,26H,3,10-13H2,1-2H3,(H,27,31)(H,28,29);1-2H3/b18-14+,26-15?;. The predicted octanol–water partition coefficient (Wildman–Crippen LogP) is 5.61. The molecule has 0 saturated carbocycles. The van der Waals surface area contributed by atoms with Crippen LogP contribution in [-0.4, -0.2) is 42.5 Å². The van der Waals surface area contributed by atoms with Gasteiger partial charge in [0.15, 0.2) is 0 Å². The number of benzene rings is 1. The number of pyridine rings is 2. The van der Waals surface area contributed by atoms with E-state index in [1.54, 1.807) is 12.4 Å². The molecule has 1 aliphatic heterocycles. The minimum atomic E-state index is -0.211. The number of rotatable bonds is 7. The topological polar surface area (TPSA) is 94.1 Å². The first kappa shape index (κ1) is 25.2. The van der Waals surface area contributed by atoms with Crippen LogP contribution in [0.15, 0.2) is 53.6 Å². The lowest BCUT2D eigenvalue weighted by molar-refractivity contribution is 0.122. The van der Waals surface area contributed by atoms with Crippen LogP contribution in [0.3, 0.4) is 0 Å². The fourth-order valence-corrected chi connectivity index (χ4v) is 3.88. The van der Waals surface area contributed by atoms with E-state index in [-0.39, 0.29) is 5.56 Å². The molecular weight excluding hydrogens is 426 g/mol. The Morgan fingerprint density at radius 3 is 2.59 bits per heavy atom. The second-order valence-corrected chi connectivity index (χ2v) is 8.04. The molecule has 1 unspecified atom stereocenters. The molecule has 3 heterocycles. The normalized spacial score (nSPS) is 14.8. The molecule has 3 N–H and O–H groups in total. The molecule has 1 fully saturated rings. The van der Waals surface area contributed by atoms with Crippen molar-refractivity contribution in [2.24, 2.45) is 5.92 Å². The van der Waals surface area contributed by atoms with Gasteiger partial charge in [0.05, 0.1) is 18.6 Å². The highest BCUT2D eigenvalue weighted by molar-refractivity contribution is 6.14. The average molecular weight is 462 g/mol. The molecule has 0 amide bonds. The number of morpholine rings is 1. The van der Waals surface area contributed by atoms with Crippen LogP contribution in [-0.2, 0) is 4.74 Å². The molecule has 1 atom stereocenters. The lowest BCUT2D eigenvalue weighted by Crippen LogP contribution is -2.36. The van der Waals surface area contributed by atoms with Crippen molar-refractivity contribution in [3.8, 4) is 0 Å². The van der Waals surface area contributed by atoms with Crippen molar-refractivity contribution in [1.82, 2.24) is 9.97 Å². The molecule has 1 aliphatic rings. The molecule has 1 aromatic carbocycles. The summed E-state index contributed by atoms with van der Waals surface area (Å²) in [5.74, 6) is 0.823. The molecule has 0 aliphatic carbocycles. The molecule has 4 rings (SSSR count). The van der Waals surface area contributed by atoms with Crippen LogP contribution in [0.25, 0.3) is 16.3 Å². The molecule has 3 aromatic rings. The Morgan fingerprint density at radius 2 is 1.94 bits per heavy atom. The summed E-state index contributed by atoms with van der Waals surface area (Å²) in [6.07, 6.45) is 7.75. The van der Waals surface area contributed by atoms with E-state index in [1.165, 1.54) is 6.21 Å². The molecule has 2 aromatic heterocycles. The van der Waals surface area contributed by atoms with Crippen molar-refractivity contribution >= 4 is 39.8 Å². The number of H-pyrrole nitrogens is 1. The molecule has 7 heteroatoms. The van der Waals surface area contributed by atoms with E-state index in [4.69, 9.17) is 10.1 Å². The quantitative estimate of drug-likeness (QED) is 0.398. The van der Waals surface area contributed by atoms with E-state index in [1.807, 2.05) is 32.0 Å². The van der Waals surface area contributed by atoms with Crippen molar-refractivity contribution in [2.45, 2.75) is 34.1 Å². The zero-order valence-electron chi connectivity index (χ0n) is 20.5. The number of anilines is 3. The van der Waals surface area contributed by atoms with Crippen LogP contribution in [0, 0.1) is 11.3 Å². The summed E-state index contributed by atoms with van der Waals surface area (Å²) in [5, 5.41) is 12.5. The van der Waals surface area contributed by atoms with Crippen molar-refractivity contribution in [3.05, 3.63) is 64.7 Å². The maximum atomic E-state index is 12.8. The summed E-state index contributed by atoms with van der Waals surface area (Å²) < 4.78 is 5.43. The molecule has 0 bridgehead atoms. The zero-order chi connectivity index (χ0) is 24.5. The minimum absolute atomic E-state index is 0.211. The Labute approximate surface area is 201 Å². The second kappa shape index (κ2) is 12.1. The van der Waals surface area contributed by atoms with Crippen molar-refractivity contribution < 1.29 is 4.74 Å². The molecule has 0 radical (unpaired) electrons. The van der Waals surface area contributed by atoms with E-state index >= 15 is 0 Å². The summed E-state index contributed by atoms with van der Waals surface area (Å²) in [6, 6.07) is 9.99. The Hall–Kier alpha value is -3.45. The summed E-state index contributed by atoms with van der Waals surface area (Å²) >= 11 is 0. The highest BCUT2D eigenvalue weighted by Gasteiger charge is 2.15. The number of aromatic amines is 1. The number of nitrogens with zero attached hydrogens (tertiary/aromatic N) is 2. The molecule has 7 nitrogen and oxygen atoms in total. The molecular formula is C27H35N5O2. The number of ether oxygens (including phenoxy) is 1. The van der Waals surface area contributed by atoms with E-state index in [0.717, 1.165) is 60.6 Å². The van der Waals surface area contributed by atoms with Crippen LogP contribution in [0.2, 0.25) is 0 Å². The SMILES string of the molecule is CC.CCC(C)/C=C(\C=N)c1cnc(Nc2ccc(N3CCOCC3)cc2)c2c(=O)[nH]ccc12. The highest BCUT2D eigenvalue weighted by atomic mass is 16.5. The average Bonchev–Trinajstić information content (AvgIpc) is 2.89. The van der Waals surface area contributed by atoms with Gasteiger partial charge in [0, 0.05) is 54.0 Å². The molecule has 1 saturated heterocycles. The van der Waals surface area contributed by atoms with Gasteiger partial charge in [-0.3, -0.25) is 4.79 Å². The van der Waals surface area contributed by atoms with Gasteiger partial charge in [-0.25, -0.2) is 4.98 Å². The predicted molar refractivity (Wildman–Crippen MR) is 143 cm³/mol. The van der Waals surface area contributed by atoms with Gasteiger partial charge in [0.2, 0.25) is 0 Å². The molecule has 34 heavy (non-hydrogen) atoms. The lowest BCUT2D eigenvalue weighted by Gasteiger charge is -2.28. The van der Waals surface area contributed by atoms with Crippen molar-refractivity contribution in [2.75, 3.05) is 36.5 Å². The number of allylic oxidation sites excluding steroid dienone is 2. The van der Waals surface area contributed by atoms with Gasteiger partial charge in [0.1, 0.15) is 5.82 Å². The number of hydrogen-bond acceptors (Lipinski definition) is 6. The van der Waals surface area contributed by atoms with Gasteiger partial charge >= 0.3 is 0 Å². The van der Waals surface area contributed by atoms with Gasteiger partial charge in [-0.2, -0.15) is 0 Å². The number of nitrogens with one attached hydrogen (secondary N) is 3. The van der Waals surface area contributed by atoms with Crippen LogP contribution >= 0.6 is 0 Å². The summed E-state index contributed by atoms with van der Waals surface area (Å²) in [6.45, 7) is 11.5. The zero-order valence-corrected chi connectivity index (χ0v) is 20.5. The monoisotopic (exact) mass is 461 g/mol. The fraction of sp³-hybridized carbons (Fsp3) is 0.370. The van der Waals surface area contributed by atoms with Gasteiger partial charge < -0.3 is 25.3 Å². The third-order valence-electron chi connectivity index (χ3n) is 5.89. The smallest absolute Gasteiger partial charge is 0.259 e. The maximum Gasteiger partial charge on any atom is 0.259 e. The Bertz CT molecular complexity index is 1180. The highest BCUT2D eigenvalue weighted by Crippen LogP contribution is 2.29. The Balaban J connectivity index is 0.00000158. The fourth-order valence-electron chi connectivity index (χ4n) is 3.88. The first-order valence-electron chi connectivity index (χ1n) is 12.0. The van der Waals surface area contributed by atoms with E-state index in [9.17, 15) is 4.79 Å². The Kier molecular flexibility index (Phi) is 8.99.